The van der Waals surface area contributed by atoms with E-state index >= 15 is 0 Å². The number of aromatic nitrogens is 4. The Morgan fingerprint density at radius 1 is 1.19 bits per heavy atom. The molecule has 3 aromatic rings. The first kappa shape index (κ1) is 16.6. The van der Waals surface area contributed by atoms with Crippen molar-refractivity contribution in [3.8, 4) is 5.69 Å². The summed E-state index contributed by atoms with van der Waals surface area (Å²) < 4.78 is 3.79. The normalized spacial score (nSPS) is 17.0. The van der Waals surface area contributed by atoms with E-state index in [0.717, 1.165) is 43.7 Å². The van der Waals surface area contributed by atoms with E-state index in [1.54, 1.807) is 12.4 Å². The second kappa shape index (κ2) is 7.15. The van der Waals surface area contributed by atoms with Crippen molar-refractivity contribution in [3.05, 3.63) is 66.2 Å². The van der Waals surface area contributed by atoms with Gasteiger partial charge in [-0.1, -0.05) is 25.1 Å². The number of para-hydroxylation sites is 1. The Hall–Kier alpha value is -2.89. The maximum Gasteiger partial charge on any atom is 0.257 e. The molecule has 0 N–H and O–H groups in total. The molecule has 1 amide bonds. The molecule has 134 valence electrons. The summed E-state index contributed by atoms with van der Waals surface area (Å²) >= 11 is 0. The van der Waals surface area contributed by atoms with Crippen molar-refractivity contribution in [1.29, 1.82) is 0 Å². The molecular formula is C20H23N5O. The third-order valence-electron chi connectivity index (χ3n) is 5.03. The molecule has 0 bridgehead atoms. The van der Waals surface area contributed by atoms with Gasteiger partial charge in [0.15, 0.2) is 0 Å². The first-order valence-corrected chi connectivity index (χ1v) is 9.18. The smallest absolute Gasteiger partial charge is 0.257 e. The monoisotopic (exact) mass is 349 g/mol. The molecule has 6 heteroatoms. The molecule has 0 saturated carbocycles. The first-order chi connectivity index (χ1) is 12.8. The molecule has 0 unspecified atom stereocenters. The van der Waals surface area contributed by atoms with Crippen molar-refractivity contribution in [1.82, 2.24) is 24.5 Å². The number of rotatable bonds is 5. The van der Waals surface area contributed by atoms with E-state index in [-0.39, 0.29) is 11.9 Å². The van der Waals surface area contributed by atoms with E-state index in [1.165, 1.54) is 0 Å². The highest BCUT2D eigenvalue weighted by Gasteiger charge is 2.32. The SMILES string of the molecule is CCc1c(C(=O)N2CCC[C@@H]2Cn2cccn2)cnn1-c1ccccc1. The number of hydrogen-bond donors (Lipinski definition) is 0. The van der Waals surface area contributed by atoms with Crippen LogP contribution in [0.1, 0.15) is 35.8 Å². The molecule has 1 aliphatic heterocycles. The third-order valence-corrected chi connectivity index (χ3v) is 5.03. The van der Waals surface area contributed by atoms with Gasteiger partial charge in [0.2, 0.25) is 0 Å². The summed E-state index contributed by atoms with van der Waals surface area (Å²) in [7, 11) is 0. The molecule has 26 heavy (non-hydrogen) atoms. The largest absolute Gasteiger partial charge is 0.334 e. The van der Waals surface area contributed by atoms with Crippen molar-refractivity contribution < 1.29 is 4.79 Å². The Morgan fingerprint density at radius 2 is 2.04 bits per heavy atom. The highest BCUT2D eigenvalue weighted by molar-refractivity contribution is 5.95. The zero-order chi connectivity index (χ0) is 17.9. The second-order valence-corrected chi connectivity index (χ2v) is 6.63. The molecule has 1 aliphatic rings. The lowest BCUT2D eigenvalue weighted by atomic mass is 10.1. The van der Waals surface area contributed by atoms with Crippen molar-refractivity contribution >= 4 is 5.91 Å². The number of hydrogen-bond acceptors (Lipinski definition) is 3. The number of carbonyl (C=O) groups excluding carboxylic acids is 1. The lowest BCUT2D eigenvalue weighted by molar-refractivity contribution is 0.0720. The van der Waals surface area contributed by atoms with Crippen molar-refractivity contribution in [2.75, 3.05) is 6.54 Å². The summed E-state index contributed by atoms with van der Waals surface area (Å²) in [4.78, 5) is 15.2. The number of nitrogens with zero attached hydrogens (tertiary/aromatic N) is 5. The molecular weight excluding hydrogens is 326 g/mol. The minimum absolute atomic E-state index is 0.0821. The predicted octanol–water partition coefficient (Wildman–Crippen LogP) is 2.94. The number of amides is 1. The van der Waals surface area contributed by atoms with Crippen LogP contribution in [-0.4, -0.2) is 43.0 Å². The van der Waals surface area contributed by atoms with Crippen LogP contribution in [0.15, 0.2) is 55.0 Å². The quantitative estimate of drug-likeness (QED) is 0.712. The van der Waals surface area contributed by atoms with Crippen LogP contribution in [0.4, 0.5) is 0 Å². The van der Waals surface area contributed by atoms with Gasteiger partial charge in [-0.3, -0.25) is 9.48 Å². The van der Waals surface area contributed by atoms with Crippen LogP contribution in [0.3, 0.4) is 0 Å². The zero-order valence-corrected chi connectivity index (χ0v) is 15.0. The third kappa shape index (κ3) is 3.03. The number of carbonyl (C=O) groups is 1. The fraction of sp³-hybridized carbons (Fsp3) is 0.350. The van der Waals surface area contributed by atoms with Gasteiger partial charge in [0.05, 0.1) is 35.7 Å². The van der Waals surface area contributed by atoms with Crippen LogP contribution in [0, 0.1) is 0 Å². The van der Waals surface area contributed by atoms with Gasteiger partial charge in [0.25, 0.3) is 5.91 Å². The molecule has 2 aromatic heterocycles. The van der Waals surface area contributed by atoms with Crippen LogP contribution >= 0.6 is 0 Å². The van der Waals surface area contributed by atoms with E-state index in [1.807, 2.05) is 56.9 Å². The Balaban J connectivity index is 1.60. The van der Waals surface area contributed by atoms with Crippen LogP contribution in [0.2, 0.25) is 0 Å². The highest BCUT2D eigenvalue weighted by atomic mass is 16.2. The number of likely N-dealkylation sites (tertiary alicyclic amines) is 1. The Kier molecular flexibility index (Phi) is 4.56. The molecule has 1 atom stereocenters. The van der Waals surface area contributed by atoms with E-state index in [4.69, 9.17) is 0 Å². The maximum absolute atomic E-state index is 13.3. The van der Waals surface area contributed by atoms with E-state index in [0.29, 0.717) is 5.56 Å². The summed E-state index contributed by atoms with van der Waals surface area (Å²) in [5, 5.41) is 8.79. The van der Waals surface area contributed by atoms with Gasteiger partial charge in [-0.2, -0.15) is 10.2 Å². The van der Waals surface area contributed by atoms with Gasteiger partial charge < -0.3 is 4.90 Å². The standard InChI is InChI=1S/C20H23N5O/c1-2-19-18(14-22-25(19)16-8-4-3-5-9-16)20(26)24-13-6-10-17(24)15-23-12-7-11-21-23/h3-5,7-9,11-12,14,17H,2,6,10,13,15H2,1H3/t17-/m1/s1. The molecule has 1 saturated heterocycles. The summed E-state index contributed by atoms with van der Waals surface area (Å²) in [6.45, 7) is 3.61. The second-order valence-electron chi connectivity index (χ2n) is 6.63. The van der Waals surface area contributed by atoms with Crippen LogP contribution in [0.25, 0.3) is 5.69 Å². The molecule has 4 rings (SSSR count). The minimum Gasteiger partial charge on any atom is -0.334 e. The van der Waals surface area contributed by atoms with E-state index in [9.17, 15) is 4.79 Å². The van der Waals surface area contributed by atoms with Crippen LogP contribution in [-0.2, 0) is 13.0 Å². The van der Waals surface area contributed by atoms with E-state index in [2.05, 4.69) is 17.1 Å². The Bertz CT molecular complexity index is 869. The average Bonchev–Trinajstić information content (AvgIpc) is 3.42. The van der Waals surface area contributed by atoms with Crippen molar-refractivity contribution in [2.45, 2.75) is 38.8 Å². The highest BCUT2D eigenvalue weighted by Crippen LogP contribution is 2.24. The fourth-order valence-corrected chi connectivity index (χ4v) is 3.76. The fourth-order valence-electron chi connectivity index (χ4n) is 3.76. The molecule has 0 spiro atoms. The Labute approximate surface area is 153 Å². The molecule has 0 aliphatic carbocycles. The molecule has 6 nitrogen and oxygen atoms in total. The van der Waals surface area contributed by atoms with Crippen molar-refractivity contribution in [3.63, 3.8) is 0 Å². The van der Waals surface area contributed by atoms with Gasteiger partial charge in [-0.25, -0.2) is 4.68 Å². The molecule has 3 heterocycles. The summed E-state index contributed by atoms with van der Waals surface area (Å²) in [6, 6.07) is 12.1. The number of benzene rings is 1. The molecule has 1 aromatic carbocycles. The summed E-state index contributed by atoms with van der Waals surface area (Å²) in [6.07, 6.45) is 8.25. The lowest BCUT2D eigenvalue weighted by Gasteiger charge is -2.24. The molecule has 0 radical (unpaired) electrons. The Morgan fingerprint density at radius 3 is 2.77 bits per heavy atom. The maximum atomic E-state index is 13.3. The van der Waals surface area contributed by atoms with Crippen LogP contribution < -0.4 is 0 Å². The van der Waals surface area contributed by atoms with Crippen molar-refractivity contribution in [2.24, 2.45) is 0 Å². The van der Waals surface area contributed by atoms with Gasteiger partial charge in [-0.15, -0.1) is 0 Å². The summed E-state index contributed by atoms with van der Waals surface area (Å²) in [5.74, 6) is 0.0821. The average molecular weight is 349 g/mol. The van der Waals surface area contributed by atoms with Crippen LogP contribution in [0.5, 0.6) is 0 Å². The topological polar surface area (TPSA) is 56.0 Å². The van der Waals surface area contributed by atoms with E-state index < -0.39 is 0 Å². The first-order valence-electron chi connectivity index (χ1n) is 9.18. The predicted molar refractivity (Wildman–Crippen MR) is 99.2 cm³/mol. The summed E-state index contributed by atoms with van der Waals surface area (Å²) in [5.41, 5.74) is 2.66. The van der Waals surface area contributed by atoms with Gasteiger partial charge in [0.1, 0.15) is 0 Å². The minimum atomic E-state index is 0.0821. The van der Waals surface area contributed by atoms with Gasteiger partial charge in [-0.05, 0) is 37.5 Å². The van der Waals surface area contributed by atoms with Gasteiger partial charge in [0, 0.05) is 18.9 Å². The lowest BCUT2D eigenvalue weighted by Crippen LogP contribution is -2.38. The van der Waals surface area contributed by atoms with Gasteiger partial charge >= 0.3 is 0 Å². The molecule has 1 fully saturated rings. The zero-order valence-electron chi connectivity index (χ0n) is 15.0.